The summed E-state index contributed by atoms with van der Waals surface area (Å²) in [5, 5.41) is 0. The van der Waals surface area contributed by atoms with Gasteiger partial charge in [0.05, 0.1) is 11.0 Å². The maximum Gasteiger partial charge on any atom is 0.140 e. The van der Waals surface area contributed by atoms with Crippen LogP contribution < -0.4 is 0 Å². The number of fused-ring (bicyclic) bond motifs is 1. The van der Waals surface area contributed by atoms with Gasteiger partial charge in [-0.05, 0) is 31.0 Å². The lowest BCUT2D eigenvalue weighted by molar-refractivity contribution is 0.00648. The number of imidazole rings is 1. The van der Waals surface area contributed by atoms with Gasteiger partial charge in [-0.3, -0.25) is 4.90 Å². The van der Waals surface area contributed by atoms with Crippen LogP contribution in [0.4, 0.5) is 8.78 Å². The minimum Gasteiger partial charge on any atom is -0.366 e. The molecule has 118 valence electrons. The molecule has 1 aromatic heterocycles. The van der Waals surface area contributed by atoms with Crippen LogP contribution in [-0.4, -0.2) is 46.3 Å². The van der Waals surface area contributed by atoms with Gasteiger partial charge in [0.15, 0.2) is 0 Å². The molecule has 2 unspecified atom stereocenters. The molecule has 0 amide bonds. The molecule has 1 aliphatic heterocycles. The van der Waals surface area contributed by atoms with Crippen LogP contribution in [-0.2, 0) is 11.3 Å². The van der Waals surface area contributed by atoms with Gasteiger partial charge >= 0.3 is 0 Å². The summed E-state index contributed by atoms with van der Waals surface area (Å²) in [6.07, 6.45) is 2.26. The van der Waals surface area contributed by atoms with Crippen LogP contribution in [0.25, 0.3) is 11.0 Å². The van der Waals surface area contributed by atoms with Gasteiger partial charge in [-0.15, -0.1) is 0 Å². The highest BCUT2D eigenvalue weighted by molar-refractivity contribution is 5.74. The zero-order chi connectivity index (χ0) is 15.1. The van der Waals surface area contributed by atoms with Gasteiger partial charge in [0.25, 0.3) is 0 Å². The molecule has 2 atom stereocenters. The Morgan fingerprint density at radius 3 is 2.95 bits per heavy atom. The first kappa shape index (κ1) is 14.1. The number of aromatic amines is 1. The molecule has 2 fully saturated rings. The highest BCUT2D eigenvalue weighted by atomic mass is 19.1. The van der Waals surface area contributed by atoms with E-state index in [2.05, 4.69) is 14.9 Å². The van der Waals surface area contributed by atoms with E-state index in [1.165, 1.54) is 31.4 Å². The molecular formula is C16H19F2N3O. The maximum absolute atomic E-state index is 14.1. The lowest BCUT2D eigenvalue weighted by Gasteiger charge is -2.34. The third-order valence-corrected chi connectivity index (χ3v) is 4.74. The molecule has 6 heteroatoms. The van der Waals surface area contributed by atoms with Crippen molar-refractivity contribution >= 4 is 11.0 Å². The highest BCUT2D eigenvalue weighted by Gasteiger charge is 2.38. The van der Waals surface area contributed by atoms with Crippen molar-refractivity contribution in [2.75, 3.05) is 13.1 Å². The van der Waals surface area contributed by atoms with Crippen molar-refractivity contribution in [3.05, 3.63) is 29.8 Å². The number of benzene rings is 1. The minimum absolute atomic E-state index is 0.222. The number of hydrogen-bond acceptors (Lipinski definition) is 3. The quantitative estimate of drug-likeness (QED) is 0.944. The maximum atomic E-state index is 14.1. The third-order valence-electron chi connectivity index (χ3n) is 4.74. The second-order valence-electron chi connectivity index (χ2n) is 6.25. The van der Waals surface area contributed by atoms with Crippen LogP contribution >= 0.6 is 0 Å². The Morgan fingerprint density at radius 1 is 1.32 bits per heavy atom. The van der Waals surface area contributed by atoms with Crippen molar-refractivity contribution in [2.45, 2.75) is 44.2 Å². The molecule has 4 rings (SSSR count). The van der Waals surface area contributed by atoms with Crippen LogP contribution in [0.15, 0.2) is 18.2 Å². The van der Waals surface area contributed by atoms with Crippen LogP contribution in [0.2, 0.25) is 0 Å². The lowest BCUT2D eigenvalue weighted by atomic mass is 9.92. The predicted molar refractivity (Wildman–Crippen MR) is 78.7 cm³/mol. The van der Waals surface area contributed by atoms with Gasteiger partial charge in [0.2, 0.25) is 0 Å². The first-order chi connectivity index (χ1) is 10.7. The second-order valence-corrected chi connectivity index (χ2v) is 6.25. The molecule has 1 saturated carbocycles. The molecule has 2 aromatic rings. The normalized spacial score (nSPS) is 26.6. The average Bonchev–Trinajstić information content (AvgIpc) is 2.97. The number of alkyl halides is 1. The SMILES string of the molecule is Fc1ccc2nc(COC3CN(C4CCC4)CC3F)[nH]c2c1. The van der Waals surface area contributed by atoms with E-state index < -0.39 is 12.3 Å². The van der Waals surface area contributed by atoms with E-state index in [4.69, 9.17) is 4.74 Å². The third kappa shape index (κ3) is 2.61. The Bertz CT molecular complexity index is 670. The fourth-order valence-electron chi connectivity index (χ4n) is 3.26. The Balaban J connectivity index is 1.38. The summed E-state index contributed by atoms with van der Waals surface area (Å²) >= 11 is 0. The largest absolute Gasteiger partial charge is 0.366 e. The van der Waals surface area contributed by atoms with Gasteiger partial charge in [-0.2, -0.15) is 0 Å². The molecule has 2 aliphatic rings. The molecule has 1 aromatic carbocycles. The van der Waals surface area contributed by atoms with Crippen LogP contribution in [0.1, 0.15) is 25.1 Å². The minimum atomic E-state index is -0.942. The number of ether oxygens (including phenoxy) is 1. The Morgan fingerprint density at radius 2 is 2.18 bits per heavy atom. The molecule has 22 heavy (non-hydrogen) atoms. The van der Waals surface area contributed by atoms with E-state index in [0.29, 0.717) is 36.0 Å². The Hall–Kier alpha value is -1.53. The summed E-state index contributed by atoms with van der Waals surface area (Å²) in [7, 11) is 0. The van der Waals surface area contributed by atoms with E-state index in [1.807, 2.05) is 0 Å². The van der Waals surface area contributed by atoms with E-state index in [0.717, 1.165) is 0 Å². The van der Waals surface area contributed by atoms with E-state index in [9.17, 15) is 8.78 Å². The van der Waals surface area contributed by atoms with Gasteiger partial charge in [-0.1, -0.05) is 6.42 Å². The van der Waals surface area contributed by atoms with Crippen LogP contribution in [0, 0.1) is 5.82 Å². The summed E-state index contributed by atoms with van der Waals surface area (Å²) in [6.45, 7) is 1.35. The van der Waals surface area contributed by atoms with Crippen molar-refractivity contribution in [2.24, 2.45) is 0 Å². The van der Waals surface area contributed by atoms with E-state index in [1.54, 1.807) is 6.07 Å². The first-order valence-electron chi connectivity index (χ1n) is 7.83. The van der Waals surface area contributed by atoms with Crippen molar-refractivity contribution < 1.29 is 13.5 Å². The van der Waals surface area contributed by atoms with Crippen molar-refractivity contribution in [3.63, 3.8) is 0 Å². The first-order valence-corrected chi connectivity index (χ1v) is 7.83. The Labute approximate surface area is 127 Å². The summed E-state index contributed by atoms with van der Waals surface area (Å²) in [4.78, 5) is 9.56. The summed E-state index contributed by atoms with van der Waals surface area (Å²) in [5.74, 6) is 0.300. The van der Waals surface area contributed by atoms with Crippen LogP contribution in [0.5, 0.6) is 0 Å². The Kier molecular flexibility index (Phi) is 3.58. The molecule has 1 N–H and O–H groups in total. The predicted octanol–water partition coefficient (Wildman–Crippen LogP) is 2.79. The zero-order valence-corrected chi connectivity index (χ0v) is 12.3. The van der Waals surface area contributed by atoms with Crippen molar-refractivity contribution in [3.8, 4) is 0 Å². The molecule has 0 spiro atoms. The van der Waals surface area contributed by atoms with E-state index in [-0.39, 0.29) is 12.4 Å². The van der Waals surface area contributed by atoms with E-state index >= 15 is 0 Å². The molecule has 4 nitrogen and oxygen atoms in total. The molecule has 1 aliphatic carbocycles. The molecule has 1 saturated heterocycles. The number of hydrogen-bond donors (Lipinski definition) is 1. The second kappa shape index (κ2) is 5.59. The smallest absolute Gasteiger partial charge is 0.140 e. The van der Waals surface area contributed by atoms with Gasteiger partial charge < -0.3 is 9.72 Å². The monoisotopic (exact) mass is 307 g/mol. The lowest BCUT2D eigenvalue weighted by Crippen LogP contribution is -2.39. The number of likely N-dealkylation sites (tertiary alicyclic amines) is 1. The summed E-state index contributed by atoms with van der Waals surface area (Å²) in [6, 6.07) is 4.94. The topological polar surface area (TPSA) is 41.1 Å². The fourth-order valence-corrected chi connectivity index (χ4v) is 3.26. The number of aromatic nitrogens is 2. The number of nitrogens with zero attached hydrogens (tertiary/aromatic N) is 2. The van der Waals surface area contributed by atoms with Crippen molar-refractivity contribution in [1.29, 1.82) is 0 Å². The van der Waals surface area contributed by atoms with Gasteiger partial charge in [0, 0.05) is 19.1 Å². The molecule has 0 radical (unpaired) electrons. The zero-order valence-electron chi connectivity index (χ0n) is 12.3. The van der Waals surface area contributed by atoms with Gasteiger partial charge in [0.1, 0.15) is 30.5 Å². The molecule has 2 heterocycles. The summed E-state index contributed by atoms with van der Waals surface area (Å²) in [5.41, 5.74) is 1.33. The summed E-state index contributed by atoms with van der Waals surface area (Å²) < 4.78 is 32.9. The average molecular weight is 307 g/mol. The van der Waals surface area contributed by atoms with Crippen LogP contribution in [0.3, 0.4) is 0 Å². The van der Waals surface area contributed by atoms with Crippen molar-refractivity contribution in [1.82, 2.24) is 14.9 Å². The number of halogens is 2. The standard InChI is InChI=1S/C16H19F2N3O/c17-10-4-5-13-14(6-10)20-16(19-13)9-22-15-8-21(7-12(15)18)11-2-1-3-11/h4-6,11-12,15H,1-3,7-9H2,(H,19,20). The fraction of sp³-hybridized carbons (Fsp3) is 0.562. The number of rotatable bonds is 4. The molecule has 0 bridgehead atoms. The number of nitrogens with one attached hydrogen (secondary N) is 1. The number of H-pyrrole nitrogens is 1. The van der Waals surface area contributed by atoms with Gasteiger partial charge in [-0.25, -0.2) is 13.8 Å². The molecular weight excluding hydrogens is 288 g/mol. The highest BCUT2D eigenvalue weighted by Crippen LogP contribution is 2.30.